The van der Waals surface area contributed by atoms with Crippen LogP contribution in [0, 0.1) is 6.92 Å². The molecule has 29 heavy (non-hydrogen) atoms. The normalized spacial score (nSPS) is 10.4. The summed E-state index contributed by atoms with van der Waals surface area (Å²) < 4.78 is 0. The first-order chi connectivity index (χ1) is 14.1. The molecule has 0 heterocycles. The highest BCUT2D eigenvalue weighted by molar-refractivity contribution is 6.04. The van der Waals surface area contributed by atoms with Gasteiger partial charge in [0.05, 0.1) is 0 Å². The highest BCUT2D eigenvalue weighted by Gasteiger charge is 2.07. The minimum atomic E-state index is -0.146. The van der Waals surface area contributed by atoms with E-state index in [9.17, 15) is 9.59 Å². The first kappa shape index (κ1) is 20.3. The third-order valence-corrected chi connectivity index (χ3v) is 4.70. The Morgan fingerprint density at radius 2 is 1.55 bits per heavy atom. The summed E-state index contributed by atoms with van der Waals surface area (Å²) in [4.78, 5) is 24.5. The Hall–Kier alpha value is -3.40. The summed E-state index contributed by atoms with van der Waals surface area (Å²) in [6.07, 6.45) is 2.22. The molecule has 0 aliphatic carbocycles. The van der Waals surface area contributed by atoms with E-state index in [-0.39, 0.29) is 11.8 Å². The van der Waals surface area contributed by atoms with Crippen LogP contribution >= 0.6 is 0 Å². The van der Waals surface area contributed by atoms with E-state index in [1.54, 1.807) is 0 Å². The van der Waals surface area contributed by atoms with Crippen molar-refractivity contribution in [3.63, 3.8) is 0 Å². The van der Waals surface area contributed by atoms with Crippen LogP contribution in [0.15, 0.2) is 78.9 Å². The molecule has 0 fully saturated rings. The zero-order chi connectivity index (χ0) is 20.5. The van der Waals surface area contributed by atoms with Crippen molar-refractivity contribution >= 4 is 17.5 Å². The molecule has 3 aromatic rings. The van der Waals surface area contributed by atoms with Crippen LogP contribution in [0.4, 0.5) is 5.69 Å². The van der Waals surface area contributed by atoms with Gasteiger partial charge in [0, 0.05) is 24.2 Å². The van der Waals surface area contributed by atoms with Gasteiger partial charge in [-0.1, -0.05) is 60.2 Å². The van der Waals surface area contributed by atoms with Gasteiger partial charge in [0.2, 0.25) is 5.91 Å². The third kappa shape index (κ3) is 6.61. The summed E-state index contributed by atoms with van der Waals surface area (Å²) >= 11 is 0. The second-order valence-electron chi connectivity index (χ2n) is 7.14. The quantitative estimate of drug-likeness (QED) is 0.579. The van der Waals surface area contributed by atoms with Crippen molar-refractivity contribution in [2.75, 3.05) is 5.32 Å². The molecule has 0 aliphatic heterocycles. The van der Waals surface area contributed by atoms with Crippen LogP contribution in [0.5, 0.6) is 0 Å². The lowest BCUT2D eigenvalue weighted by Gasteiger charge is -2.09. The van der Waals surface area contributed by atoms with Crippen molar-refractivity contribution in [3.8, 4) is 0 Å². The molecule has 4 nitrogen and oxygen atoms in total. The number of hydrogen-bond donors (Lipinski definition) is 2. The second kappa shape index (κ2) is 10.2. The number of amides is 2. The maximum atomic E-state index is 12.4. The molecule has 148 valence electrons. The Morgan fingerprint density at radius 3 is 2.31 bits per heavy atom. The average molecular weight is 386 g/mol. The van der Waals surface area contributed by atoms with Crippen LogP contribution in [0.25, 0.3) is 0 Å². The number of nitrogens with one attached hydrogen (secondary N) is 2. The predicted molar refractivity (Wildman–Crippen MR) is 117 cm³/mol. The van der Waals surface area contributed by atoms with Crippen LogP contribution in [0.2, 0.25) is 0 Å². The van der Waals surface area contributed by atoms with Gasteiger partial charge in [-0.25, -0.2) is 0 Å². The SMILES string of the molecule is Cc1ccc(C(=O)Nc2cccc(CNC(=O)CCCc3ccccc3)c2)cc1. The minimum Gasteiger partial charge on any atom is -0.352 e. The van der Waals surface area contributed by atoms with Gasteiger partial charge in [0.15, 0.2) is 0 Å². The predicted octanol–water partition coefficient (Wildman–Crippen LogP) is 4.89. The van der Waals surface area contributed by atoms with Gasteiger partial charge in [-0.05, 0) is 55.2 Å². The van der Waals surface area contributed by atoms with Crippen molar-refractivity contribution in [1.29, 1.82) is 0 Å². The van der Waals surface area contributed by atoms with E-state index in [0.29, 0.717) is 24.2 Å². The Bertz CT molecular complexity index is 950. The van der Waals surface area contributed by atoms with Crippen LogP contribution < -0.4 is 10.6 Å². The van der Waals surface area contributed by atoms with E-state index in [1.807, 2.05) is 73.7 Å². The summed E-state index contributed by atoms with van der Waals surface area (Å²) in [5, 5.41) is 5.86. The third-order valence-electron chi connectivity index (χ3n) is 4.70. The van der Waals surface area contributed by atoms with Gasteiger partial charge >= 0.3 is 0 Å². The number of benzene rings is 3. The summed E-state index contributed by atoms with van der Waals surface area (Å²) in [7, 11) is 0. The molecule has 2 N–H and O–H groups in total. The molecule has 3 aromatic carbocycles. The van der Waals surface area contributed by atoms with E-state index in [4.69, 9.17) is 0 Å². The van der Waals surface area contributed by atoms with Gasteiger partial charge in [-0.3, -0.25) is 9.59 Å². The lowest BCUT2D eigenvalue weighted by molar-refractivity contribution is -0.121. The fourth-order valence-electron chi connectivity index (χ4n) is 3.05. The topological polar surface area (TPSA) is 58.2 Å². The molecule has 0 unspecified atom stereocenters. The molecular weight excluding hydrogens is 360 g/mol. The number of hydrogen-bond acceptors (Lipinski definition) is 2. The van der Waals surface area contributed by atoms with Crippen molar-refractivity contribution in [2.45, 2.75) is 32.7 Å². The van der Waals surface area contributed by atoms with E-state index in [0.717, 1.165) is 24.0 Å². The molecule has 0 aromatic heterocycles. The molecule has 0 spiro atoms. The number of anilines is 1. The standard InChI is InChI=1S/C25H26N2O2/c1-19-13-15-22(16-14-19)25(29)27-23-11-5-10-21(17-23)18-26-24(28)12-6-9-20-7-3-2-4-8-20/h2-5,7-8,10-11,13-17H,6,9,12,18H2,1H3,(H,26,28)(H,27,29). The zero-order valence-corrected chi connectivity index (χ0v) is 16.7. The number of aryl methyl sites for hydroxylation is 2. The lowest BCUT2D eigenvalue weighted by atomic mass is 10.1. The first-order valence-corrected chi connectivity index (χ1v) is 9.88. The van der Waals surface area contributed by atoms with E-state index in [1.165, 1.54) is 5.56 Å². The molecule has 2 amide bonds. The van der Waals surface area contributed by atoms with E-state index < -0.39 is 0 Å². The summed E-state index contributed by atoms with van der Waals surface area (Å²) in [6, 6.07) is 25.2. The van der Waals surface area contributed by atoms with Gasteiger partial charge in [-0.2, -0.15) is 0 Å². The average Bonchev–Trinajstić information content (AvgIpc) is 2.74. The van der Waals surface area contributed by atoms with E-state index in [2.05, 4.69) is 22.8 Å². The zero-order valence-electron chi connectivity index (χ0n) is 16.7. The van der Waals surface area contributed by atoms with Gasteiger partial charge < -0.3 is 10.6 Å². The minimum absolute atomic E-state index is 0.0371. The van der Waals surface area contributed by atoms with Crippen molar-refractivity contribution in [1.82, 2.24) is 5.32 Å². The van der Waals surface area contributed by atoms with Crippen molar-refractivity contribution in [2.24, 2.45) is 0 Å². The van der Waals surface area contributed by atoms with Crippen LogP contribution in [-0.2, 0) is 17.8 Å². The van der Waals surface area contributed by atoms with Crippen LogP contribution in [0.1, 0.15) is 39.9 Å². The highest BCUT2D eigenvalue weighted by Crippen LogP contribution is 2.13. The smallest absolute Gasteiger partial charge is 0.255 e. The maximum Gasteiger partial charge on any atom is 0.255 e. The van der Waals surface area contributed by atoms with Gasteiger partial charge in [-0.15, -0.1) is 0 Å². The second-order valence-corrected chi connectivity index (χ2v) is 7.14. The molecule has 0 bridgehead atoms. The Balaban J connectivity index is 1.46. The molecule has 0 saturated heterocycles. The van der Waals surface area contributed by atoms with E-state index >= 15 is 0 Å². The number of rotatable bonds is 8. The fourth-order valence-corrected chi connectivity index (χ4v) is 3.05. The van der Waals surface area contributed by atoms with Crippen molar-refractivity contribution < 1.29 is 9.59 Å². The van der Waals surface area contributed by atoms with Gasteiger partial charge in [0.1, 0.15) is 0 Å². The summed E-state index contributed by atoms with van der Waals surface area (Å²) in [5.41, 5.74) is 4.64. The van der Waals surface area contributed by atoms with Crippen LogP contribution in [-0.4, -0.2) is 11.8 Å². The molecule has 0 atom stereocenters. The largest absolute Gasteiger partial charge is 0.352 e. The summed E-state index contributed by atoms with van der Waals surface area (Å²) in [5.74, 6) is -0.109. The number of carbonyl (C=O) groups excluding carboxylic acids is 2. The fraction of sp³-hybridized carbons (Fsp3) is 0.200. The first-order valence-electron chi connectivity index (χ1n) is 9.88. The summed E-state index contributed by atoms with van der Waals surface area (Å²) in [6.45, 7) is 2.43. The molecular formula is C25H26N2O2. The monoisotopic (exact) mass is 386 g/mol. The number of carbonyl (C=O) groups is 2. The molecule has 0 aliphatic rings. The van der Waals surface area contributed by atoms with Gasteiger partial charge in [0.25, 0.3) is 5.91 Å². The maximum absolute atomic E-state index is 12.4. The Morgan fingerprint density at radius 1 is 0.828 bits per heavy atom. The lowest BCUT2D eigenvalue weighted by Crippen LogP contribution is -2.22. The van der Waals surface area contributed by atoms with Crippen molar-refractivity contribution in [3.05, 3.63) is 101 Å². The molecule has 0 radical (unpaired) electrons. The Kier molecular flexibility index (Phi) is 7.17. The van der Waals surface area contributed by atoms with Crippen LogP contribution in [0.3, 0.4) is 0 Å². The highest BCUT2D eigenvalue weighted by atomic mass is 16.2. The molecule has 3 rings (SSSR count). The molecule has 4 heteroatoms. The molecule has 0 saturated carbocycles. The Labute approximate surface area is 172 Å².